The molecule has 0 saturated heterocycles. The Balaban J connectivity index is 2.26. The van der Waals surface area contributed by atoms with E-state index in [0.29, 0.717) is 0 Å². The molecule has 18 heavy (non-hydrogen) atoms. The van der Waals surface area contributed by atoms with Crippen molar-refractivity contribution in [3.8, 4) is 0 Å². The monoisotopic (exact) mass is 261 g/mol. The zero-order valence-electron chi connectivity index (χ0n) is 10.5. The second-order valence-corrected chi connectivity index (χ2v) is 6.39. The van der Waals surface area contributed by atoms with Crippen molar-refractivity contribution < 1.29 is 4.39 Å². The summed E-state index contributed by atoms with van der Waals surface area (Å²) in [6.45, 7) is 4.16. The third-order valence-electron chi connectivity index (χ3n) is 2.75. The first kappa shape index (κ1) is 13.0. The predicted octanol–water partition coefficient (Wildman–Crippen LogP) is 4.44. The molecule has 2 aromatic rings. The van der Waals surface area contributed by atoms with Gasteiger partial charge in [0.25, 0.3) is 0 Å². The second-order valence-electron chi connectivity index (χ2n) is 4.70. The molecule has 0 atom stereocenters. The Hall–Kier alpha value is -1.48. The normalized spacial score (nSPS) is 11.5. The van der Waals surface area contributed by atoms with Gasteiger partial charge in [-0.25, -0.2) is 4.39 Å². The highest BCUT2D eigenvalue weighted by molar-refractivity contribution is 8.00. The molecule has 0 saturated carbocycles. The SMILES string of the molecule is CC(C)(Sc1cccc(N)c1)c1cccc(F)c1. The van der Waals surface area contributed by atoms with E-state index in [1.165, 1.54) is 6.07 Å². The minimum Gasteiger partial charge on any atom is -0.399 e. The van der Waals surface area contributed by atoms with Gasteiger partial charge in [0.1, 0.15) is 5.82 Å². The number of nitrogen functional groups attached to an aromatic ring is 1. The first-order chi connectivity index (χ1) is 8.47. The largest absolute Gasteiger partial charge is 0.399 e. The minimum atomic E-state index is -0.200. The van der Waals surface area contributed by atoms with Crippen molar-refractivity contribution in [3.05, 3.63) is 59.9 Å². The van der Waals surface area contributed by atoms with E-state index in [1.54, 1.807) is 23.9 Å². The van der Waals surface area contributed by atoms with Crippen LogP contribution in [0.4, 0.5) is 10.1 Å². The summed E-state index contributed by atoms with van der Waals surface area (Å²) in [5.74, 6) is -0.200. The van der Waals surface area contributed by atoms with Gasteiger partial charge in [-0.3, -0.25) is 0 Å². The molecular weight excluding hydrogens is 245 g/mol. The molecule has 2 rings (SSSR count). The number of hydrogen-bond donors (Lipinski definition) is 1. The number of thioether (sulfide) groups is 1. The Morgan fingerprint density at radius 3 is 2.44 bits per heavy atom. The highest BCUT2D eigenvalue weighted by atomic mass is 32.2. The molecule has 1 nitrogen and oxygen atoms in total. The second kappa shape index (κ2) is 5.02. The molecule has 94 valence electrons. The van der Waals surface area contributed by atoms with Crippen molar-refractivity contribution >= 4 is 17.4 Å². The highest BCUT2D eigenvalue weighted by Crippen LogP contribution is 2.41. The van der Waals surface area contributed by atoms with Gasteiger partial charge in [0.2, 0.25) is 0 Å². The van der Waals surface area contributed by atoms with Crippen molar-refractivity contribution in [3.63, 3.8) is 0 Å². The molecule has 2 N–H and O–H groups in total. The molecule has 0 aliphatic rings. The van der Waals surface area contributed by atoms with Crippen LogP contribution >= 0.6 is 11.8 Å². The lowest BCUT2D eigenvalue weighted by atomic mass is 10.0. The Kier molecular flexibility index (Phi) is 3.62. The van der Waals surface area contributed by atoms with Crippen molar-refractivity contribution in [2.24, 2.45) is 0 Å². The highest BCUT2D eigenvalue weighted by Gasteiger charge is 2.22. The van der Waals surface area contributed by atoms with E-state index < -0.39 is 0 Å². The van der Waals surface area contributed by atoms with E-state index in [9.17, 15) is 4.39 Å². The number of anilines is 1. The fourth-order valence-electron chi connectivity index (χ4n) is 1.79. The van der Waals surface area contributed by atoms with E-state index in [0.717, 1.165) is 16.1 Å². The lowest BCUT2D eigenvalue weighted by Gasteiger charge is -2.24. The molecule has 3 heteroatoms. The Morgan fingerprint density at radius 2 is 1.78 bits per heavy atom. The zero-order valence-corrected chi connectivity index (χ0v) is 11.3. The molecule has 0 amide bonds. The Bertz CT molecular complexity index is 552. The van der Waals surface area contributed by atoms with Gasteiger partial charge in [-0.05, 0) is 49.7 Å². The summed E-state index contributed by atoms with van der Waals surface area (Å²) in [6.07, 6.45) is 0. The van der Waals surface area contributed by atoms with Gasteiger partial charge in [-0.15, -0.1) is 11.8 Å². The molecule has 0 aromatic heterocycles. The molecular formula is C15H16FNS. The van der Waals surface area contributed by atoms with Gasteiger partial charge in [0.15, 0.2) is 0 Å². The maximum Gasteiger partial charge on any atom is 0.123 e. The van der Waals surface area contributed by atoms with E-state index in [1.807, 2.05) is 30.3 Å². The lowest BCUT2D eigenvalue weighted by Crippen LogP contribution is -2.12. The average molecular weight is 261 g/mol. The molecule has 0 aliphatic carbocycles. The first-order valence-electron chi connectivity index (χ1n) is 5.78. The molecule has 0 unspecified atom stereocenters. The van der Waals surface area contributed by atoms with Gasteiger partial charge in [-0.1, -0.05) is 18.2 Å². The number of benzene rings is 2. The van der Waals surface area contributed by atoms with Gasteiger partial charge in [-0.2, -0.15) is 0 Å². The summed E-state index contributed by atoms with van der Waals surface area (Å²) in [5.41, 5.74) is 7.48. The van der Waals surface area contributed by atoms with Crippen molar-refractivity contribution in [2.45, 2.75) is 23.5 Å². The molecule has 0 aliphatic heterocycles. The Labute approximate surface area is 111 Å². The van der Waals surface area contributed by atoms with Crippen LogP contribution in [0.25, 0.3) is 0 Å². The third-order valence-corrected chi connectivity index (χ3v) is 3.99. The van der Waals surface area contributed by atoms with Crippen LogP contribution in [0.5, 0.6) is 0 Å². The fourth-order valence-corrected chi connectivity index (χ4v) is 2.97. The maximum absolute atomic E-state index is 13.3. The zero-order chi connectivity index (χ0) is 13.2. The third kappa shape index (κ3) is 3.05. The molecule has 0 bridgehead atoms. The van der Waals surface area contributed by atoms with E-state index >= 15 is 0 Å². The average Bonchev–Trinajstić information content (AvgIpc) is 2.28. The molecule has 2 aromatic carbocycles. The first-order valence-corrected chi connectivity index (χ1v) is 6.60. The quantitative estimate of drug-likeness (QED) is 0.653. The van der Waals surface area contributed by atoms with Crippen LogP contribution in [0.2, 0.25) is 0 Å². The van der Waals surface area contributed by atoms with Gasteiger partial charge >= 0.3 is 0 Å². The molecule has 0 spiro atoms. The van der Waals surface area contributed by atoms with Crippen LogP contribution in [0.1, 0.15) is 19.4 Å². The van der Waals surface area contributed by atoms with Gasteiger partial charge in [0.05, 0.1) is 0 Å². The standard InChI is InChI=1S/C15H16FNS/c1-15(2,11-5-3-6-12(16)9-11)18-14-8-4-7-13(17)10-14/h3-10H,17H2,1-2H3. The van der Waals surface area contributed by atoms with Gasteiger partial charge < -0.3 is 5.73 Å². The number of hydrogen-bond acceptors (Lipinski definition) is 2. The maximum atomic E-state index is 13.3. The van der Waals surface area contributed by atoms with Crippen LogP contribution in [-0.4, -0.2) is 0 Å². The topological polar surface area (TPSA) is 26.0 Å². The summed E-state index contributed by atoms with van der Waals surface area (Å²) in [5, 5.41) is 0. The number of halogens is 1. The number of rotatable bonds is 3. The van der Waals surface area contributed by atoms with Gasteiger partial charge in [0, 0.05) is 15.3 Å². The molecule has 0 heterocycles. The van der Waals surface area contributed by atoms with Crippen LogP contribution in [-0.2, 0) is 4.75 Å². The van der Waals surface area contributed by atoms with Crippen LogP contribution < -0.4 is 5.73 Å². The predicted molar refractivity (Wildman–Crippen MR) is 76.1 cm³/mol. The fraction of sp³-hybridized carbons (Fsp3) is 0.200. The minimum absolute atomic E-state index is 0.199. The summed E-state index contributed by atoms with van der Waals surface area (Å²) in [6, 6.07) is 14.5. The van der Waals surface area contributed by atoms with Crippen LogP contribution in [0, 0.1) is 5.82 Å². The summed E-state index contributed by atoms with van der Waals surface area (Å²) in [7, 11) is 0. The number of nitrogens with two attached hydrogens (primary N) is 1. The van der Waals surface area contributed by atoms with E-state index in [2.05, 4.69) is 13.8 Å². The summed E-state index contributed by atoms with van der Waals surface area (Å²) in [4.78, 5) is 1.09. The van der Waals surface area contributed by atoms with Crippen LogP contribution in [0.3, 0.4) is 0 Å². The van der Waals surface area contributed by atoms with Crippen molar-refractivity contribution in [1.29, 1.82) is 0 Å². The Morgan fingerprint density at radius 1 is 1.06 bits per heavy atom. The van der Waals surface area contributed by atoms with E-state index in [-0.39, 0.29) is 10.6 Å². The van der Waals surface area contributed by atoms with Crippen molar-refractivity contribution in [1.82, 2.24) is 0 Å². The molecule has 0 fully saturated rings. The summed E-state index contributed by atoms with van der Waals surface area (Å²) < 4.78 is 13.1. The summed E-state index contributed by atoms with van der Waals surface area (Å²) >= 11 is 1.68. The lowest BCUT2D eigenvalue weighted by molar-refractivity contribution is 0.621. The van der Waals surface area contributed by atoms with Crippen molar-refractivity contribution in [2.75, 3.05) is 5.73 Å². The van der Waals surface area contributed by atoms with Crippen LogP contribution in [0.15, 0.2) is 53.4 Å². The smallest absolute Gasteiger partial charge is 0.123 e. The van der Waals surface area contributed by atoms with E-state index in [4.69, 9.17) is 5.73 Å². The molecule has 0 radical (unpaired) electrons.